The lowest BCUT2D eigenvalue weighted by atomic mass is 10.1. The van der Waals surface area contributed by atoms with E-state index >= 15 is 0 Å². The fourth-order valence-corrected chi connectivity index (χ4v) is 1.98. The summed E-state index contributed by atoms with van der Waals surface area (Å²) in [7, 11) is 0. The molecule has 0 spiro atoms. The van der Waals surface area contributed by atoms with Crippen molar-refractivity contribution in [3.05, 3.63) is 35.4 Å². The van der Waals surface area contributed by atoms with Gasteiger partial charge in [-0.1, -0.05) is 6.07 Å². The van der Waals surface area contributed by atoms with Crippen molar-refractivity contribution in [3.8, 4) is 0 Å². The predicted molar refractivity (Wildman–Crippen MR) is 67.7 cm³/mol. The van der Waals surface area contributed by atoms with Crippen LogP contribution in [0.5, 0.6) is 0 Å². The predicted octanol–water partition coefficient (Wildman–Crippen LogP) is 1.06. The van der Waals surface area contributed by atoms with E-state index in [1.54, 1.807) is 6.07 Å². The topological polar surface area (TPSA) is 44.3 Å². The van der Waals surface area contributed by atoms with Gasteiger partial charge in [0, 0.05) is 32.1 Å². The fraction of sp³-hybridized carbons (Fsp3) is 0.500. The molecule has 18 heavy (non-hydrogen) atoms. The van der Waals surface area contributed by atoms with Gasteiger partial charge < -0.3 is 15.7 Å². The van der Waals surface area contributed by atoms with Crippen LogP contribution in [0, 0.1) is 17.6 Å². The summed E-state index contributed by atoms with van der Waals surface area (Å²) >= 11 is 0. The number of nitrogens with one attached hydrogen (secondary N) is 2. The summed E-state index contributed by atoms with van der Waals surface area (Å²) < 4.78 is 25.6. The van der Waals surface area contributed by atoms with Crippen molar-refractivity contribution in [1.82, 2.24) is 10.6 Å². The van der Waals surface area contributed by atoms with Crippen molar-refractivity contribution >= 4 is 12.4 Å². The molecule has 0 radical (unpaired) electrons. The van der Waals surface area contributed by atoms with Crippen LogP contribution in [-0.4, -0.2) is 30.8 Å². The summed E-state index contributed by atoms with van der Waals surface area (Å²) in [5, 5.41) is 15.8. The van der Waals surface area contributed by atoms with Gasteiger partial charge in [-0.2, -0.15) is 0 Å². The molecule has 1 aliphatic heterocycles. The van der Waals surface area contributed by atoms with E-state index in [-0.39, 0.29) is 24.4 Å². The van der Waals surface area contributed by atoms with Gasteiger partial charge >= 0.3 is 0 Å². The van der Waals surface area contributed by atoms with Gasteiger partial charge in [-0.05, 0) is 17.7 Å². The Bertz CT molecular complexity index is 392. The third-order valence-electron chi connectivity index (χ3n) is 3.02. The Hall–Kier alpha value is -0.750. The molecule has 1 heterocycles. The Morgan fingerprint density at radius 3 is 2.67 bits per heavy atom. The van der Waals surface area contributed by atoms with E-state index in [1.807, 2.05) is 0 Å². The number of rotatable bonds is 4. The summed E-state index contributed by atoms with van der Waals surface area (Å²) in [5.41, 5.74) is 0.698. The van der Waals surface area contributed by atoms with Crippen LogP contribution in [0.3, 0.4) is 0 Å². The number of halogens is 3. The zero-order chi connectivity index (χ0) is 12.3. The Kier molecular flexibility index (Phi) is 5.95. The van der Waals surface area contributed by atoms with Crippen molar-refractivity contribution < 1.29 is 13.9 Å². The number of aliphatic hydroxyl groups excluding tert-OH is 1. The number of hydrogen-bond donors (Lipinski definition) is 3. The van der Waals surface area contributed by atoms with Crippen molar-refractivity contribution in [3.63, 3.8) is 0 Å². The highest BCUT2D eigenvalue weighted by Gasteiger charge is 2.23. The van der Waals surface area contributed by atoms with Crippen molar-refractivity contribution in [2.75, 3.05) is 19.6 Å². The number of hydrogen-bond acceptors (Lipinski definition) is 3. The third kappa shape index (κ3) is 3.88. The molecule has 2 rings (SSSR count). The summed E-state index contributed by atoms with van der Waals surface area (Å²) in [5.74, 6) is -1.48. The number of β-amino-alcohol motifs (C(OH)–C–C–N with tert-alkyl or cyclic N) is 1. The zero-order valence-electron chi connectivity index (χ0n) is 9.83. The smallest absolute Gasteiger partial charge is 0.159 e. The monoisotopic (exact) mass is 278 g/mol. The van der Waals surface area contributed by atoms with Gasteiger partial charge in [0.15, 0.2) is 11.6 Å². The highest BCUT2D eigenvalue weighted by molar-refractivity contribution is 5.85. The second-order valence-corrected chi connectivity index (χ2v) is 4.37. The molecule has 6 heteroatoms. The Morgan fingerprint density at radius 2 is 2.06 bits per heavy atom. The van der Waals surface area contributed by atoms with Crippen LogP contribution in [0.2, 0.25) is 0 Å². The molecule has 0 bridgehead atoms. The molecule has 3 N–H and O–H groups in total. The Morgan fingerprint density at radius 1 is 1.28 bits per heavy atom. The van der Waals surface area contributed by atoms with Crippen LogP contribution in [0.1, 0.15) is 5.56 Å². The van der Waals surface area contributed by atoms with Gasteiger partial charge in [-0.3, -0.25) is 0 Å². The molecule has 2 atom stereocenters. The molecule has 1 saturated heterocycles. The number of aliphatic hydroxyl groups is 1. The van der Waals surface area contributed by atoms with Crippen LogP contribution in [0.15, 0.2) is 18.2 Å². The zero-order valence-corrected chi connectivity index (χ0v) is 10.6. The minimum absolute atomic E-state index is 0. The van der Waals surface area contributed by atoms with Crippen LogP contribution in [0.4, 0.5) is 8.78 Å². The lowest BCUT2D eigenvalue weighted by molar-refractivity contribution is 0.146. The molecule has 1 aromatic carbocycles. The maximum Gasteiger partial charge on any atom is 0.159 e. The second-order valence-electron chi connectivity index (χ2n) is 4.37. The summed E-state index contributed by atoms with van der Waals surface area (Å²) in [4.78, 5) is 0. The molecule has 102 valence electrons. The molecule has 3 nitrogen and oxygen atoms in total. The van der Waals surface area contributed by atoms with E-state index in [0.717, 1.165) is 12.6 Å². The van der Waals surface area contributed by atoms with Gasteiger partial charge in [-0.25, -0.2) is 8.78 Å². The average Bonchev–Trinajstić information content (AvgIpc) is 2.70. The Balaban J connectivity index is 0.00000162. The summed E-state index contributed by atoms with van der Waals surface area (Å²) in [6.07, 6.45) is -0.326. The maximum absolute atomic E-state index is 12.9. The first-order valence-corrected chi connectivity index (χ1v) is 5.70. The quantitative estimate of drug-likeness (QED) is 0.772. The molecule has 1 aliphatic rings. The van der Waals surface area contributed by atoms with Crippen molar-refractivity contribution in [2.24, 2.45) is 5.92 Å². The lowest BCUT2D eigenvalue weighted by Gasteiger charge is -2.14. The van der Waals surface area contributed by atoms with E-state index in [9.17, 15) is 13.9 Å². The molecule has 0 aromatic heterocycles. The molecule has 1 fully saturated rings. The first kappa shape index (κ1) is 15.3. The largest absolute Gasteiger partial charge is 0.391 e. The first-order valence-electron chi connectivity index (χ1n) is 5.70. The minimum atomic E-state index is -0.829. The first-order chi connectivity index (χ1) is 8.16. The van der Waals surface area contributed by atoms with Gasteiger partial charge in [0.2, 0.25) is 0 Å². The van der Waals surface area contributed by atoms with Gasteiger partial charge in [0.05, 0.1) is 6.10 Å². The van der Waals surface area contributed by atoms with Crippen LogP contribution in [-0.2, 0) is 6.54 Å². The van der Waals surface area contributed by atoms with Gasteiger partial charge in [0.1, 0.15) is 0 Å². The standard InChI is InChI=1S/C12H16F2N2O.ClH/c13-10-2-1-8(3-11(10)14)4-15-5-9-6-16-7-12(9)17;/h1-3,9,12,15-17H,4-7H2;1H. The van der Waals surface area contributed by atoms with Crippen LogP contribution >= 0.6 is 12.4 Å². The van der Waals surface area contributed by atoms with Crippen LogP contribution < -0.4 is 10.6 Å². The summed E-state index contributed by atoms with van der Waals surface area (Å²) in [6.45, 7) is 2.54. The fourth-order valence-electron chi connectivity index (χ4n) is 1.98. The SMILES string of the molecule is Cl.OC1CNCC1CNCc1ccc(F)c(F)c1. The number of benzene rings is 1. The molecule has 0 amide bonds. The normalized spacial score (nSPS) is 22.8. The molecular formula is C12H17ClF2N2O. The molecule has 0 saturated carbocycles. The third-order valence-corrected chi connectivity index (χ3v) is 3.02. The van der Waals surface area contributed by atoms with E-state index in [4.69, 9.17) is 0 Å². The van der Waals surface area contributed by atoms with E-state index < -0.39 is 11.6 Å². The van der Waals surface area contributed by atoms with Gasteiger partial charge in [0.25, 0.3) is 0 Å². The molecule has 0 aliphatic carbocycles. The van der Waals surface area contributed by atoms with E-state index in [0.29, 0.717) is 25.2 Å². The highest BCUT2D eigenvalue weighted by atomic mass is 35.5. The van der Waals surface area contributed by atoms with Gasteiger partial charge in [-0.15, -0.1) is 12.4 Å². The summed E-state index contributed by atoms with van der Waals surface area (Å²) in [6, 6.07) is 3.86. The lowest BCUT2D eigenvalue weighted by Crippen LogP contribution is -2.30. The van der Waals surface area contributed by atoms with Crippen molar-refractivity contribution in [2.45, 2.75) is 12.6 Å². The van der Waals surface area contributed by atoms with Crippen LogP contribution in [0.25, 0.3) is 0 Å². The molecular weight excluding hydrogens is 262 g/mol. The Labute approximate surface area is 111 Å². The van der Waals surface area contributed by atoms with E-state index in [2.05, 4.69) is 10.6 Å². The average molecular weight is 279 g/mol. The minimum Gasteiger partial charge on any atom is -0.391 e. The highest BCUT2D eigenvalue weighted by Crippen LogP contribution is 2.10. The van der Waals surface area contributed by atoms with E-state index in [1.165, 1.54) is 6.07 Å². The molecule has 2 unspecified atom stereocenters. The maximum atomic E-state index is 12.9. The second kappa shape index (κ2) is 6.99. The van der Waals surface area contributed by atoms with Crippen molar-refractivity contribution in [1.29, 1.82) is 0 Å². The molecule has 1 aromatic rings.